The molecule has 0 aliphatic rings. The number of rotatable bonds is 3. The summed E-state index contributed by atoms with van der Waals surface area (Å²) in [5.41, 5.74) is 4.80. The number of hydrogen-bond donors (Lipinski definition) is 1. The third kappa shape index (κ3) is 5.14. The monoisotopic (exact) mass is 114 g/mol. The Bertz CT molecular complexity index is 98.6. The molecule has 0 spiro atoms. The van der Waals surface area contributed by atoms with Crippen LogP contribution < -0.4 is 5.73 Å². The van der Waals surface area contributed by atoms with Crippen LogP contribution in [-0.4, -0.2) is 18.7 Å². The molecule has 0 saturated heterocycles. The average molecular weight is 114 g/mol. The topological polar surface area (TPSA) is 55.4 Å². The van der Waals surface area contributed by atoms with Gasteiger partial charge in [0.05, 0.1) is 6.42 Å². The lowest BCUT2D eigenvalue weighted by Crippen LogP contribution is -2.10. The summed E-state index contributed by atoms with van der Waals surface area (Å²) in [7, 11) is 0. The first-order valence-electron chi connectivity index (χ1n) is 2.54. The van der Waals surface area contributed by atoms with E-state index in [9.17, 15) is 4.79 Å². The van der Waals surface area contributed by atoms with Crippen LogP contribution in [0.3, 0.4) is 0 Å². The standard InChI is InChI=1S/C5H10N2O/c1-2-7-4-3-5(6)8/h4H,2-3H2,1H3,(H2,6,8). The van der Waals surface area contributed by atoms with Gasteiger partial charge in [0, 0.05) is 12.8 Å². The number of primary amides is 1. The van der Waals surface area contributed by atoms with E-state index in [1.807, 2.05) is 6.92 Å². The van der Waals surface area contributed by atoms with Gasteiger partial charge in [-0.3, -0.25) is 9.79 Å². The van der Waals surface area contributed by atoms with Gasteiger partial charge in [-0.2, -0.15) is 0 Å². The largest absolute Gasteiger partial charge is 0.369 e. The van der Waals surface area contributed by atoms with Gasteiger partial charge in [0.1, 0.15) is 0 Å². The fourth-order valence-electron chi connectivity index (χ4n) is 0.284. The van der Waals surface area contributed by atoms with Gasteiger partial charge in [0.15, 0.2) is 0 Å². The second-order valence-corrected chi connectivity index (χ2v) is 1.35. The lowest BCUT2D eigenvalue weighted by molar-refractivity contribution is -0.116. The minimum Gasteiger partial charge on any atom is -0.369 e. The summed E-state index contributed by atoms with van der Waals surface area (Å²) in [5, 5.41) is 0. The third-order valence-electron chi connectivity index (χ3n) is 0.604. The van der Waals surface area contributed by atoms with Crippen LogP contribution >= 0.6 is 0 Å². The van der Waals surface area contributed by atoms with Crippen molar-refractivity contribution in [2.75, 3.05) is 6.54 Å². The van der Waals surface area contributed by atoms with E-state index in [1.54, 1.807) is 0 Å². The number of nitrogens with two attached hydrogens (primary N) is 1. The predicted octanol–water partition coefficient (Wildman–Crippen LogP) is -0.0475. The van der Waals surface area contributed by atoms with Gasteiger partial charge in [-0.15, -0.1) is 0 Å². The van der Waals surface area contributed by atoms with E-state index in [0.717, 1.165) is 0 Å². The highest BCUT2D eigenvalue weighted by molar-refractivity contribution is 5.88. The smallest absolute Gasteiger partial charge is 0.222 e. The molecular formula is C5H10N2O. The molecule has 0 aromatic carbocycles. The summed E-state index contributed by atoms with van der Waals surface area (Å²) in [6.07, 6.45) is 1.79. The van der Waals surface area contributed by atoms with Crippen molar-refractivity contribution in [1.82, 2.24) is 0 Å². The highest BCUT2D eigenvalue weighted by Gasteiger charge is 1.84. The summed E-state index contributed by atoms with van der Waals surface area (Å²) in [4.78, 5) is 13.8. The Kier molecular flexibility index (Phi) is 3.84. The van der Waals surface area contributed by atoms with Crippen LogP contribution in [0.2, 0.25) is 0 Å². The highest BCUT2D eigenvalue weighted by atomic mass is 16.1. The maximum absolute atomic E-state index is 10.0. The lowest BCUT2D eigenvalue weighted by Gasteiger charge is -1.81. The molecule has 3 heteroatoms. The van der Waals surface area contributed by atoms with Crippen molar-refractivity contribution in [2.45, 2.75) is 13.3 Å². The normalized spacial score (nSPS) is 10.1. The molecule has 1 amide bonds. The van der Waals surface area contributed by atoms with E-state index in [2.05, 4.69) is 4.99 Å². The minimum absolute atomic E-state index is 0.258. The van der Waals surface area contributed by atoms with Crippen LogP contribution in [0.1, 0.15) is 13.3 Å². The van der Waals surface area contributed by atoms with Gasteiger partial charge in [-0.05, 0) is 6.92 Å². The predicted molar refractivity (Wildman–Crippen MR) is 32.8 cm³/mol. The van der Waals surface area contributed by atoms with Crippen molar-refractivity contribution in [3.63, 3.8) is 0 Å². The SMILES string of the molecule is CCN=CCC(N)=O. The number of aliphatic imine (C=N–C) groups is 1. The second kappa shape index (κ2) is 4.30. The molecule has 0 bridgehead atoms. The molecule has 0 atom stereocenters. The van der Waals surface area contributed by atoms with E-state index in [0.29, 0.717) is 6.54 Å². The van der Waals surface area contributed by atoms with Crippen LogP contribution in [0.5, 0.6) is 0 Å². The first-order valence-corrected chi connectivity index (χ1v) is 2.54. The van der Waals surface area contributed by atoms with Crippen LogP contribution in [0.25, 0.3) is 0 Å². The molecule has 0 aliphatic carbocycles. The Balaban J connectivity index is 3.16. The minimum atomic E-state index is -0.331. The van der Waals surface area contributed by atoms with Gasteiger partial charge in [0.2, 0.25) is 5.91 Å². The zero-order valence-electron chi connectivity index (χ0n) is 4.92. The average Bonchev–Trinajstić information content (AvgIpc) is 1.66. The molecule has 3 nitrogen and oxygen atoms in total. The number of carbonyl (C=O) groups is 1. The van der Waals surface area contributed by atoms with Crippen LogP contribution in [0, 0.1) is 0 Å². The third-order valence-corrected chi connectivity index (χ3v) is 0.604. The van der Waals surface area contributed by atoms with Gasteiger partial charge >= 0.3 is 0 Å². The summed E-state index contributed by atoms with van der Waals surface area (Å²) in [5.74, 6) is -0.331. The number of hydrogen-bond acceptors (Lipinski definition) is 2. The van der Waals surface area contributed by atoms with Crippen LogP contribution in [0.15, 0.2) is 4.99 Å². The number of amides is 1. The van der Waals surface area contributed by atoms with E-state index in [-0.39, 0.29) is 12.3 Å². The Morgan fingerprint density at radius 2 is 2.50 bits per heavy atom. The van der Waals surface area contributed by atoms with Gasteiger partial charge in [-0.1, -0.05) is 0 Å². The zero-order chi connectivity index (χ0) is 6.41. The molecule has 0 aromatic heterocycles. The fraction of sp³-hybridized carbons (Fsp3) is 0.600. The molecule has 0 fully saturated rings. The molecule has 0 heterocycles. The summed E-state index contributed by atoms with van der Waals surface area (Å²) >= 11 is 0. The van der Waals surface area contributed by atoms with Gasteiger partial charge < -0.3 is 5.73 Å². The molecule has 0 rings (SSSR count). The van der Waals surface area contributed by atoms with Crippen molar-refractivity contribution in [1.29, 1.82) is 0 Å². The van der Waals surface area contributed by atoms with Gasteiger partial charge in [-0.25, -0.2) is 0 Å². The van der Waals surface area contributed by atoms with Crippen LogP contribution in [-0.2, 0) is 4.79 Å². The quantitative estimate of drug-likeness (QED) is 0.514. The maximum atomic E-state index is 10.0. The van der Waals surface area contributed by atoms with E-state index < -0.39 is 0 Å². The van der Waals surface area contributed by atoms with Crippen molar-refractivity contribution in [2.24, 2.45) is 10.7 Å². The fourth-order valence-corrected chi connectivity index (χ4v) is 0.284. The molecule has 0 saturated carbocycles. The van der Waals surface area contributed by atoms with Crippen LogP contribution in [0.4, 0.5) is 0 Å². The second-order valence-electron chi connectivity index (χ2n) is 1.35. The number of carbonyl (C=O) groups excluding carboxylic acids is 1. The lowest BCUT2D eigenvalue weighted by atomic mass is 10.4. The number of nitrogens with zero attached hydrogens (tertiary/aromatic N) is 1. The zero-order valence-corrected chi connectivity index (χ0v) is 4.92. The summed E-state index contributed by atoms with van der Waals surface area (Å²) in [6.45, 7) is 2.62. The summed E-state index contributed by atoms with van der Waals surface area (Å²) < 4.78 is 0. The Morgan fingerprint density at radius 1 is 1.88 bits per heavy atom. The van der Waals surface area contributed by atoms with Crippen molar-refractivity contribution in [3.8, 4) is 0 Å². The van der Waals surface area contributed by atoms with E-state index in [1.165, 1.54) is 6.21 Å². The van der Waals surface area contributed by atoms with E-state index in [4.69, 9.17) is 5.73 Å². The van der Waals surface area contributed by atoms with Gasteiger partial charge in [0.25, 0.3) is 0 Å². The molecule has 0 unspecified atom stereocenters. The maximum Gasteiger partial charge on any atom is 0.222 e. The molecule has 0 aliphatic heterocycles. The highest BCUT2D eigenvalue weighted by Crippen LogP contribution is 1.69. The Hall–Kier alpha value is -0.860. The van der Waals surface area contributed by atoms with Crippen molar-refractivity contribution >= 4 is 12.1 Å². The van der Waals surface area contributed by atoms with E-state index >= 15 is 0 Å². The molecular weight excluding hydrogens is 104 g/mol. The van der Waals surface area contributed by atoms with Crippen molar-refractivity contribution < 1.29 is 4.79 Å². The molecule has 46 valence electrons. The summed E-state index contributed by atoms with van der Waals surface area (Å²) in [6, 6.07) is 0. The molecule has 0 aromatic rings. The first kappa shape index (κ1) is 7.14. The Labute approximate surface area is 48.6 Å². The first-order chi connectivity index (χ1) is 3.77. The molecule has 0 radical (unpaired) electrons. The Morgan fingerprint density at radius 3 is 2.88 bits per heavy atom. The molecule has 2 N–H and O–H groups in total. The molecule has 8 heavy (non-hydrogen) atoms. The van der Waals surface area contributed by atoms with Crippen molar-refractivity contribution in [3.05, 3.63) is 0 Å².